The van der Waals surface area contributed by atoms with Crippen molar-refractivity contribution in [3.05, 3.63) is 48.5 Å². The third kappa shape index (κ3) is 3.28. The van der Waals surface area contributed by atoms with Crippen LogP contribution in [0.25, 0.3) is 21.9 Å². The molecule has 0 saturated carbocycles. The highest BCUT2D eigenvalue weighted by Gasteiger charge is 2.24. The molecule has 0 radical (unpaired) electrons. The highest BCUT2D eigenvalue weighted by Crippen LogP contribution is 2.50. The normalized spacial score (nSPS) is 10.9. The maximum Gasteiger partial charge on any atom is 0.308 e. The van der Waals surface area contributed by atoms with E-state index in [-0.39, 0.29) is 29.1 Å². The first-order chi connectivity index (χ1) is 12.4. The molecule has 0 spiro atoms. The molecule has 5 heteroatoms. The fourth-order valence-electron chi connectivity index (χ4n) is 2.85. The van der Waals surface area contributed by atoms with E-state index in [1.54, 1.807) is 36.4 Å². The second-order valence-corrected chi connectivity index (χ2v) is 6.23. The molecule has 0 atom stereocenters. The summed E-state index contributed by atoms with van der Waals surface area (Å²) in [5, 5.41) is 21.6. The molecule has 0 unspecified atom stereocenters. The van der Waals surface area contributed by atoms with Crippen molar-refractivity contribution in [1.82, 2.24) is 0 Å². The van der Waals surface area contributed by atoms with Crippen molar-refractivity contribution >= 4 is 16.7 Å². The molecule has 5 nitrogen and oxygen atoms in total. The van der Waals surface area contributed by atoms with Crippen LogP contribution >= 0.6 is 0 Å². The molecule has 0 aromatic heterocycles. The zero-order valence-corrected chi connectivity index (χ0v) is 14.8. The van der Waals surface area contributed by atoms with Crippen LogP contribution in [0.1, 0.15) is 20.8 Å². The quantitative estimate of drug-likeness (QED) is 0.529. The Morgan fingerprint density at radius 1 is 0.923 bits per heavy atom. The maximum atomic E-state index is 11.7. The maximum absolute atomic E-state index is 11.7. The van der Waals surface area contributed by atoms with Crippen molar-refractivity contribution in [2.75, 3.05) is 0 Å². The van der Waals surface area contributed by atoms with Gasteiger partial charge in [-0.05, 0) is 31.5 Å². The summed E-state index contributed by atoms with van der Waals surface area (Å²) in [7, 11) is 0. The lowest BCUT2D eigenvalue weighted by Crippen LogP contribution is -2.11. The Labute approximate surface area is 151 Å². The van der Waals surface area contributed by atoms with Gasteiger partial charge in [-0.1, -0.05) is 36.4 Å². The molecule has 2 N–H and O–H groups in total. The summed E-state index contributed by atoms with van der Waals surface area (Å²) < 4.78 is 11.4. The van der Waals surface area contributed by atoms with Crippen LogP contribution in [-0.4, -0.2) is 22.3 Å². The standard InChI is InChI=1S/C21H20O5/c1-12(2)25-21-18(14-8-10-15(23)11-9-14)19(24)16-6-4-5-7-17(16)20(21)26-13(3)22/h4-12,23-24H,1-3H3. The molecule has 0 saturated heterocycles. The van der Waals surface area contributed by atoms with E-state index in [0.29, 0.717) is 21.9 Å². The number of carbonyl (C=O) groups is 1. The lowest BCUT2D eigenvalue weighted by molar-refractivity contribution is -0.131. The molecule has 3 aromatic rings. The predicted octanol–water partition coefficient (Wildman–Crippen LogP) is 4.63. The summed E-state index contributed by atoms with van der Waals surface area (Å²) in [4.78, 5) is 11.7. The Kier molecular flexibility index (Phi) is 4.71. The number of fused-ring (bicyclic) bond motifs is 1. The SMILES string of the molecule is CC(=O)Oc1c(OC(C)C)c(-c2ccc(O)cc2)c(O)c2ccccc12. The zero-order valence-electron chi connectivity index (χ0n) is 14.8. The Morgan fingerprint density at radius 3 is 2.12 bits per heavy atom. The van der Waals surface area contributed by atoms with Gasteiger partial charge in [0.25, 0.3) is 0 Å². The van der Waals surface area contributed by atoms with Crippen molar-refractivity contribution in [3.63, 3.8) is 0 Å². The average Bonchev–Trinajstić information content (AvgIpc) is 2.59. The van der Waals surface area contributed by atoms with Crippen molar-refractivity contribution in [1.29, 1.82) is 0 Å². The summed E-state index contributed by atoms with van der Waals surface area (Å²) in [6.45, 7) is 5.02. The first kappa shape index (κ1) is 17.6. The Bertz CT molecular complexity index is 958. The number of esters is 1. The highest BCUT2D eigenvalue weighted by atomic mass is 16.6. The number of hydrogen-bond acceptors (Lipinski definition) is 5. The van der Waals surface area contributed by atoms with E-state index < -0.39 is 5.97 Å². The third-order valence-electron chi connectivity index (χ3n) is 3.85. The van der Waals surface area contributed by atoms with Crippen LogP contribution in [-0.2, 0) is 4.79 Å². The van der Waals surface area contributed by atoms with E-state index in [2.05, 4.69) is 0 Å². The zero-order chi connectivity index (χ0) is 18.8. The fourth-order valence-corrected chi connectivity index (χ4v) is 2.85. The lowest BCUT2D eigenvalue weighted by atomic mass is 9.97. The number of benzene rings is 3. The smallest absolute Gasteiger partial charge is 0.308 e. The van der Waals surface area contributed by atoms with Crippen molar-refractivity contribution in [3.8, 4) is 34.1 Å². The minimum atomic E-state index is -0.480. The first-order valence-electron chi connectivity index (χ1n) is 8.30. The first-order valence-corrected chi connectivity index (χ1v) is 8.30. The second-order valence-electron chi connectivity index (χ2n) is 6.23. The predicted molar refractivity (Wildman–Crippen MR) is 99.8 cm³/mol. The number of aromatic hydroxyl groups is 2. The number of phenolic OH excluding ortho intramolecular Hbond substituents is 2. The van der Waals surface area contributed by atoms with E-state index in [0.717, 1.165) is 0 Å². The van der Waals surface area contributed by atoms with Crippen LogP contribution in [0.2, 0.25) is 0 Å². The topological polar surface area (TPSA) is 76.0 Å². The Morgan fingerprint density at radius 2 is 1.54 bits per heavy atom. The monoisotopic (exact) mass is 352 g/mol. The minimum absolute atomic E-state index is 0.0258. The number of phenols is 2. The van der Waals surface area contributed by atoms with E-state index in [4.69, 9.17) is 9.47 Å². The van der Waals surface area contributed by atoms with Crippen molar-refractivity contribution in [2.24, 2.45) is 0 Å². The summed E-state index contributed by atoms with van der Waals surface area (Å²) in [5.74, 6) is 0.212. The van der Waals surface area contributed by atoms with Gasteiger partial charge in [-0.25, -0.2) is 0 Å². The summed E-state index contributed by atoms with van der Waals surface area (Å²) in [6.07, 6.45) is -0.208. The lowest BCUT2D eigenvalue weighted by Gasteiger charge is -2.21. The summed E-state index contributed by atoms with van der Waals surface area (Å²) >= 11 is 0. The Hall–Kier alpha value is -3.21. The van der Waals surface area contributed by atoms with Crippen LogP contribution in [0.5, 0.6) is 23.0 Å². The van der Waals surface area contributed by atoms with Crippen LogP contribution in [0.4, 0.5) is 0 Å². The molecule has 0 heterocycles. The highest BCUT2D eigenvalue weighted by molar-refractivity contribution is 6.03. The molecule has 26 heavy (non-hydrogen) atoms. The van der Waals surface area contributed by atoms with Gasteiger partial charge in [0.05, 0.1) is 11.7 Å². The van der Waals surface area contributed by atoms with E-state index in [1.165, 1.54) is 19.1 Å². The Balaban J connectivity index is 2.42. The van der Waals surface area contributed by atoms with Gasteiger partial charge >= 0.3 is 5.97 Å². The molecular weight excluding hydrogens is 332 g/mol. The average molecular weight is 352 g/mol. The van der Waals surface area contributed by atoms with Crippen LogP contribution in [0, 0.1) is 0 Å². The van der Waals surface area contributed by atoms with Gasteiger partial charge in [0.1, 0.15) is 11.5 Å². The van der Waals surface area contributed by atoms with Crippen LogP contribution in [0.15, 0.2) is 48.5 Å². The number of ether oxygens (including phenoxy) is 2. The second kappa shape index (κ2) is 6.96. The number of hydrogen-bond donors (Lipinski definition) is 2. The van der Waals surface area contributed by atoms with Gasteiger partial charge in [-0.2, -0.15) is 0 Å². The van der Waals surface area contributed by atoms with E-state index >= 15 is 0 Å². The molecule has 3 rings (SSSR count). The fraction of sp³-hybridized carbons (Fsp3) is 0.190. The van der Waals surface area contributed by atoms with Crippen LogP contribution < -0.4 is 9.47 Å². The molecule has 0 fully saturated rings. The van der Waals surface area contributed by atoms with Gasteiger partial charge in [0.15, 0.2) is 11.5 Å². The molecule has 134 valence electrons. The van der Waals surface area contributed by atoms with Gasteiger partial charge in [-0.3, -0.25) is 4.79 Å². The minimum Gasteiger partial charge on any atom is -0.508 e. The molecule has 3 aromatic carbocycles. The largest absolute Gasteiger partial charge is 0.508 e. The van der Waals surface area contributed by atoms with Crippen molar-refractivity contribution in [2.45, 2.75) is 26.9 Å². The van der Waals surface area contributed by atoms with E-state index in [1.807, 2.05) is 13.8 Å². The van der Waals surface area contributed by atoms with Gasteiger partial charge in [-0.15, -0.1) is 0 Å². The summed E-state index contributed by atoms with van der Waals surface area (Å²) in [6, 6.07) is 13.5. The molecular formula is C21H20O5. The van der Waals surface area contributed by atoms with Crippen LogP contribution in [0.3, 0.4) is 0 Å². The molecule has 0 aliphatic heterocycles. The van der Waals surface area contributed by atoms with Gasteiger partial charge in [0, 0.05) is 17.7 Å². The third-order valence-corrected chi connectivity index (χ3v) is 3.85. The molecule has 0 aliphatic rings. The van der Waals surface area contributed by atoms with Gasteiger partial charge in [0.2, 0.25) is 0 Å². The van der Waals surface area contributed by atoms with E-state index in [9.17, 15) is 15.0 Å². The summed E-state index contributed by atoms with van der Waals surface area (Å²) in [5.41, 5.74) is 1.05. The van der Waals surface area contributed by atoms with Gasteiger partial charge < -0.3 is 19.7 Å². The molecule has 0 aliphatic carbocycles. The molecule has 0 amide bonds. The van der Waals surface area contributed by atoms with Crippen molar-refractivity contribution < 1.29 is 24.5 Å². The number of rotatable bonds is 4. The number of carbonyl (C=O) groups excluding carboxylic acids is 1. The molecule has 0 bridgehead atoms.